The largest absolute Gasteiger partial charge is 0.461 e. The number of esters is 5. The molecule has 2 aliphatic carbocycles. The van der Waals surface area contributed by atoms with Crippen molar-refractivity contribution in [1.82, 2.24) is 4.90 Å². The summed E-state index contributed by atoms with van der Waals surface area (Å²) < 4.78 is 43.6. The Morgan fingerprint density at radius 3 is 1.30 bits per heavy atom. The van der Waals surface area contributed by atoms with Crippen LogP contribution in [0.25, 0.3) is 0 Å². The van der Waals surface area contributed by atoms with Gasteiger partial charge < -0.3 is 56.0 Å². The van der Waals surface area contributed by atoms with Crippen LogP contribution in [0.5, 0.6) is 0 Å². The number of ether oxygens (including phenoxy) is 7. The molecule has 2 aliphatic rings. The highest BCUT2D eigenvalue weighted by atomic mass is 16.5. The Balaban J connectivity index is 0.00000225. The fourth-order valence-electron chi connectivity index (χ4n) is 14.9. The van der Waals surface area contributed by atoms with Gasteiger partial charge in [-0.25, -0.2) is 24.0 Å². The minimum atomic E-state index is -0.351. The molecule has 0 N–H and O–H groups in total. The molecule has 0 heterocycles. The molecular formula is C85H143N5O12+4. The number of carbonyl (C=O) groups is 5. The Hall–Kier alpha value is -5.79. The third-order valence-electron chi connectivity index (χ3n) is 21.1. The molecule has 576 valence electrons. The van der Waals surface area contributed by atoms with E-state index >= 15 is 0 Å². The molecular weight excluding hydrogens is 1280 g/mol. The zero-order valence-corrected chi connectivity index (χ0v) is 68.1. The predicted molar refractivity (Wildman–Crippen MR) is 415 cm³/mol. The van der Waals surface area contributed by atoms with Gasteiger partial charge in [-0.2, -0.15) is 0 Å². The second kappa shape index (κ2) is 43.6. The highest BCUT2D eigenvalue weighted by molar-refractivity contribution is 5.88. The standard InChI is InChI=1S/C77H128N4O10.C8H15NO2/c1-23-61-41-65(42-63(48-70(47-61)86-22)50-80(18,19)32-36-90-76(84)56(7)8)52-87-53-69-38-58(11)39-73(71(69)27-29-79(16,17)31-35-89-75(83)55(5)6)68-44-62(24-2)43-67(45-64(46-68)51-81(20,21)33-37-91-77(85)57(9)10)72-49-66(59(12)40-60(72)13)26-25-28-78(14,15)30-34-88-74(82)54(3)4;1-7(2)8(10)11-6-5-9(3)4/h38-40,49,61-65,67-68,70H,3,5,7,9,23-37,41-48,50-53H2,1-2,4,6,8,10-22H3;1,5-6H2,2-4H3/q+4;. The second-order valence-corrected chi connectivity index (χ2v) is 33.6. The Labute approximate surface area is 619 Å². The molecule has 0 spiro atoms. The lowest BCUT2D eigenvalue weighted by Crippen LogP contribution is -2.47. The maximum atomic E-state index is 12.7. The van der Waals surface area contributed by atoms with Crippen LogP contribution in [0.2, 0.25) is 0 Å². The second-order valence-electron chi connectivity index (χ2n) is 33.6. The van der Waals surface area contributed by atoms with E-state index in [1.807, 2.05) is 26.1 Å². The molecule has 0 saturated heterocycles. The monoisotopic (exact) mass is 1430 g/mol. The van der Waals surface area contributed by atoms with E-state index in [4.69, 9.17) is 33.2 Å². The molecule has 2 aromatic carbocycles. The molecule has 8 unspecified atom stereocenters. The number of hydrogen-bond acceptors (Lipinski definition) is 13. The van der Waals surface area contributed by atoms with E-state index in [0.29, 0.717) is 133 Å². The summed E-state index contributed by atoms with van der Waals surface area (Å²) >= 11 is 0. The third-order valence-corrected chi connectivity index (χ3v) is 21.1. The summed E-state index contributed by atoms with van der Waals surface area (Å²) in [5.74, 6) is 1.19. The van der Waals surface area contributed by atoms with Crippen LogP contribution in [0.4, 0.5) is 0 Å². The van der Waals surface area contributed by atoms with E-state index in [-0.39, 0.29) is 36.0 Å². The van der Waals surface area contributed by atoms with Gasteiger partial charge in [0.1, 0.15) is 59.2 Å². The van der Waals surface area contributed by atoms with Gasteiger partial charge in [0, 0.05) is 72.8 Å². The summed E-state index contributed by atoms with van der Waals surface area (Å²) in [6, 6.07) is 9.91. The molecule has 0 aromatic heterocycles. The fourth-order valence-corrected chi connectivity index (χ4v) is 14.9. The Kier molecular flexibility index (Phi) is 38.7. The van der Waals surface area contributed by atoms with Crippen LogP contribution in [-0.4, -0.2) is 235 Å². The van der Waals surface area contributed by atoms with Gasteiger partial charge >= 0.3 is 29.8 Å². The highest BCUT2D eigenvalue weighted by Gasteiger charge is 2.37. The number of nitrogens with zero attached hydrogens (tertiary/aromatic N) is 5. The van der Waals surface area contributed by atoms with E-state index < -0.39 is 0 Å². The first-order valence-corrected chi connectivity index (χ1v) is 38.0. The van der Waals surface area contributed by atoms with Crippen molar-refractivity contribution in [2.75, 3.05) is 176 Å². The van der Waals surface area contributed by atoms with Crippen molar-refractivity contribution in [2.24, 2.45) is 29.6 Å². The lowest BCUT2D eigenvalue weighted by Gasteiger charge is -2.40. The summed E-state index contributed by atoms with van der Waals surface area (Å²) in [6.07, 6.45) is 13.7. The average molecular weight is 1430 g/mol. The van der Waals surface area contributed by atoms with E-state index in [1.54, 1.807) is 34.6 Å². The maximum Gasteiger partial charge on any atom is 0.333 e. The van der Waals surface area contributed by atoms with E-state index in [9.17, 15) is 24.0 Å². The first-order valence-electron chi connectivity index (χ1n) is 38.0. The molecule has 8 atom stereocenters. The lowest BCUT2D eigenvalue weighted by molar-refractivity contribution is -0.894. The van der Waals surface area contributed by atoms with Crippen LogP contribution in [0, 0.1) is 50.4 Å². The Bertz CT molecular complexity index is 3090. The minimum Gasteiger partial charge on any atom is -0.461 e. The molecule has 0 aliphatic heterocycles. The number of aryl methyl sites for hydroxylation is 4. The van der Waals surface area contributed by atoms with Crippen LogP contribution in [-0.2, 0) is 76.6 Å². The molecule has 0 bridgehead atoms. The first-order chi connectivity index (χ1) is 47.6. The van der Waals surface area contributed by atoms with Crippen LogP contribution >= 0.6 is 0 Å². The van der Waals surface area contributed by atoms with Crippen molar-refractivity contribution in [3.05, 3.63) is 130 Å². The lowest BCUT2D eigenvalue weighted by atomic mass is 9.69. The number of quaternary nitrogens is 4. The first kappa shape index (κ1) is 90.4. The van der Waals surface area contributed by atoms with Gasteiger partial charge in [0.05, 0.1) is 95.3 Å². The highest BCUT2D eigenvalue weighted by Crippen LogP contribution is 2.46. The van der Waals surface area contributed by atoms with Crippen LogP contribution in [0.1, 0.15) is 175 Å². The maximum absolute atomic E-state index is 12.7. The SMILES string of the molecule is C=C(C)C(=O)OCCN(C)C.C=C(C)C(=O)OCC[N+](C)(C)CCCc1cc(C2CC(CC)CC(c3cc(C)cc(COCC4CC(CC)CC(OC)CC(C[N+](C)(C)CCOC(=O)C(=C)C)C4)c3CC[N+](C)(C)CCOC(=O)C(=C)C)CC(C[N+](C)(C)CCOC(=O)C(=C)C)C2)c(C)cc1C. The summed E-state index contributed by atoms with van der Waals surface area (Å²) in [4.78, 5) is 62.4. The third kappa shape index (κ3) is 34.0. The van der Waals surface area contributed by atoms with Gasteiger partial charge in [-0.15, -0.1) is 0 Å². The van der Waals surface area contributed by atoms with Gasteiger partial charge in [0.2, 0.25) is 0 Å². The normalized spacial score (nSPS) is 19.9. The molecule has 2 fully saturated rings. The number of likely N-dealkylation sites (N-methyl/N-ethyl adjacent to an activating group) is 5. The number of rotatable bonds is 40. The van der Waals surface area contributed by atoms with Crippen molar-refractivity contribution in [2.45, 2.75) is 177 Å². The summed E-state index contributed by atoms with van der Waals surface area (Å²) in [6.45, 7) is 49.0. The quantitative estimate of drug-likeness (QED) is 0.0269. The van der Waals surface area contributed by atoms with Gasteiger partial charge in [-0.05, 0) is 196 Å². The molecule has 102 heavy (non-hydrogen) atoms. The summed E-state index contributed by atoms with van der Waals surface area (Å²) in [5.41, 5.74) is 13.1. The molecule has 0 amide bonds. The fraction of sp³-hybridized carbons (Fsp3) is 0.682. The molecule has 0 radical (unpaired) electrons. The molecule has 2 saturated carbocycles. The molecule has 17 heteroatoms. The van der Waals surface area contributed by atoms with Gasteiger partial charge in [-0.3, -0.25) is 0 Å². The molecule has 17 nitrogen and oxygen atoms in total. The number of hydrogen-bond donors (Lipinski definition) is 0. The van der Waals surface area contributed by atoms with Crippen LogP contribution < -0.4 is 0 Å². The summed E-state index contributed by atoms with van der Waals surface area (Å²) in [5, 5.41) is 0. The van der Waals surface area contributed by atoms with Crippen molar-refractivity contribution in [1.29, 1.82) is 0 Å². The van der Waals surface area contributed by atoms with Crippen molar-refractivity contribution in [3.8, 4) is 0 Å². The van der Waals surface area contributed by atoms with E-state index in [0.717, 1.165) is 143 Å². The predicted octanol–water partition coefficient (Wildman–Crippen LogP) is 14.0. The zero-order chi connectivity index (χ0) is 76.9. The van der Waals surface area contributed by atoms with Gasteiger partial charge in [0.25, 0.3) is 0 Å². The average Bonchev–Trinajstić information content (AvgIpc) is 0.789. The van der Waals surface area contributed by atoms with Crippen LogP contribution in [0.15, 0.2) is 85.0 Å². The van der Waals surface area contributed by atoms with Crippen LogP contribution in [0.3, 0.4) is 0 Å². The Morgan fingerprint density at radius 1 is 0.451 bits per heavy atom. The van der Waals surface area contributed by atoms with E-state index in [2.05, 4.69) is 148 Å². The number of carbonyl (C=O) groups excluding carboxylic acids is 5. The summed E-state index contributed by atoms with van der Waals surface area (Å²) in [7, 11) is 23.7. The van der Waals surface area contributed by atoms with Crippen molar-refractivity contribution >= 4 is 29.8 Å². The number of methoxy groups -OCH3 is 1. The topological polar surface area (TPSA) is 153 Å². The smallest absolute Gasteiger partial charge is 0.333 e. The minimum absolute atomic E-state index is 0.201. The molecule has 4 rings (SSSR count). The van der Waals surface area contributed by atoms with Crippen molar-refractivity contribution < 1.29 is 75.1 Å². The van der Waals surface area contributed by atoms with Gasteiger partial charge in [0.15, 0.2) is 0 Å². The van der Waals surface area contributed by atoms with Crippen molar-refractivity contribution in [3.63, 3.8) is 0 Å². The molecule has 2 aromatic rings. The Morgan fingerprint density at radius 2 is 0.853 bits per heavy atom. The zero-order valence-electron chi connectivity index (χ0n) is 68.1. The number of benzene rings is 2. The van der Waals surface area contributed by atoms with Gasteiger partial charge in [-0.1, -0.05) is 89.4 Å². The van der Waals surface area contributed by atoms with E-state index in [1.165, 1.54) is 44.5 Å².